The number of carbonyl (C=O) groups is 1. The minimum atomic E-state index is -5.25. The van der Waals surface area contributed by atoms with E-state index in [9.17, 15) is 26.7 Å². The first-order valence-electron chi connectivity index (χ1n) is 4.52. The molecular weight excluding hydrogens is 301 g/mol. The van der Waals surface area contributed by atoms with E-state index in [0.29, 0.717) is 6.07 Å². The van der Waals surface area contributed by atoms with Crippen molar-refractivity contribution in [2.45, 2.75) is 18.7 Å². The van der Waals surface area contributed by atoms with Gasteiger partial charge in [0.25, 0.3) is 6.43 Å². The summed E-state index contributed by atoms with van der Waals surface area (Å²) in [6.45, 7) is 0. The van der Waals surface area contributed by atoms with Crippen LogP contribution in [-0.2, 0) is 5.88 Å². The molecule has 0 bridgehead atoms. The Bertz CT molecular complexity index is 491. The fourth-order valence-electron chi connectivity index (χ4n) is 1.20. The van der Waals surface area contributed by atoms with Crippen LogP contribution in [0.5, 0.6) is 5.75 Å². The van der Waals surface area contributed by atoms with Crippen molar-refractivity contribution in [1.82, 2.24) is 4.98 Å². The molecule has 0 saturated heterocycles. The van der Waals surface area contributed by atoms with E-state index in [4.69, 9.17) is 16.7 Å². The number of nitrogens with zero attached hydrogens (tertiary/aromatic N) is 1. The summed E-state index contributed by atoms with van der Waals surface area (Å²) in [6.07, 6.45) is -8.62. The first-order valence-corrected chi connectivity index (χ1v) is 5.06. The highest BCUT2D eigenvalue weighted by Gasteiger charge is 2.35. The minimum absolute atomic E-state index is 0.321. The average Bonchev–Trinajstić information content (AvgIpc) is 2.25. The van der Waals surface area contributed by atoms with Crippen LogP contribution in [0.25, 0.3) is 0 Å². The summed E-state index contributed by atoms with van der Waals surface area (Å²) in [6, 6.07) is 0.321. The average molecular weight is 306 g/mol. The molecule has 1 heterocycles. The summed E-state index contributed by atoms with van der Waals surface area (Å²) in [5.74, 6) is -3.57. The number of aromatic nitrogens is 1. The molecular formula is C9H5ClF5NO3. The van der Waals surface area contributed by atoms with Gasteiger partial charge in [0.15, 0.2) is 5.75 Å². The number of carboxylic acids is 1. The van der Waals surface area contributed by atoms with Crippen molar-refractivity contribution in [2.75, 3.05) is 0 Å². The molecule has 0 spiro atoms. The summed E-state index contributed by atoms with van der Waals surface area (Å²) in [7, 11) is 0. The van der Waals surface area contributed by atoms with Crippen molar-refractivity contribution in [3.63, 3.8) is 0 Å². The Morgan fingerprint density at radius 3 is 2.42 bits per heavy atom. The van der Waals surface area contributed by atoms with Gasteiger partial charge in [-0.05, 0) is 6.07 Å². The van der Waals surface area contributed by atoms with E-state index in [0.717, 1.165) is 0 Å². The molecule has 1 rings (SSSR count). The van der Waals surface area contributed by atoms with Crippen LogP contribution in [0, 0.1) is 0 Å². The van der Waals surface area contributed by atoms with E-state index in [-0.39, 0.29) is 0 Å². The Morgan fingerprint density at radius 2 is 2.05 bits per heavy atom. The van der Waals surface area contributed by atoms with Gasteiger partial charge in [0.1, 0.15) is 5.69 Å². The van der Waals surface area contributed by atoms with E-state index in [2.05, 4.69) is 9.72 Å². The normalized spacial score (nSPS) is 11.7. The van der Waals surface area contributed by atoms with Gasteiger partial charge in [-0.15, -0.1) is 24.8 Å². The molecule has 1 N–H and O–H groups in total. The fourth-order valence-corrected chi connectivity index (χ4v) is 1.40. The van der Waals surface area contributed by atoms with Crippen LogP contribution in [0.1, 0.15) is 28.2 Å². The topological polar surface area (TPSA) is 59.4 Å². The van der Waals surface area contributed by atoms with Crippen molar-refractivity contribution < 1.29 is 36.6 Å². The zero-order valence-corrected chi connectivity index (χ0v) is 9.60. The maximum Gasteiger partial charge on any atom is 0.573 e. The molecule has 0 radical (unpaired) electrons. The molecule has 0 aliphatic heterocycles. The molecule has 0 unspecified atom stereocenters. The van der Waals surface area contributed by atoms with Crippen LogP contribution >= 0.6 is 11.6 Å². The highest BCUT2D eigenvalue weighted by atomic mass is 35.5. The number of alkyl halides is 6. The summed E-state index contributed by atoms with van der Waals surface area (Å²) in [4.78, 5) is 13.9. The second kappa shape index (κ2) is 5.55. The summed E-state index contributed by atoms with van der Waals surface area (Å²) >= 11 is 5.30. The third kappa shape index (κ3) is 3.91. The molecule has 0 saturated carbocycles. The standard InChI is InChI=1S/C9H5ClF5NO3/c10-2-4-3(8(17)18)1-5(19-9(13,14)15)6(16-4)7(11)12/h1,7H,2H2,(H,17,18). The first kappa shape index (κ1) is 15.4. The van der Waals surface area contributed by atoms with Crippen LogP contribution < -0.4 is 4.74 Å². The fraction of sp³-hybridized carbons (Fsp3) is 0.333. The van der Waals surface area contributed by atoms with Crippen LogP contribution in [0.2, 0.25) is 0 Å². The van der Waals surface area contributed by atoms with E-state index in [1.165, 1.54) is 0 Å². The molecule has 0 aliphatic rings. The molecule has 0 aliphatic carbocycles. The third-order valence-corrected chi connectivity index (χ3v) is 2.14. The van der Waals surface area contributed by atoms with Gasteiger partial charge in [-0.1, -0.05) is 0 Å². The number of pyridine rings is 1. The van der Waals surface area contributed by atoms with E-state index < -0.39 is 47.3 Å². The first-order chi connectivity index (χ1) is 8.65. The molecule has 0 aromatic carbocycles. The van der Waals surface area contributed by atoms with Gasteiger partial charge in [0.2, 0.25) is 0 Å². The lowest BCUT2D eigenvalue weighted by molar-refractivity contribution is -0.275. The number of hydrogen-bond acceptors (Lipinski definition) is 3. The Morgan fingerprint density at radius 1 is 1.47 bits per heavy atom. The van der Waals surface area contributed by atoms with Crippen molar-refractivity contribution >= 4 is 17.6 Å². The lowest BCUT2D eigenvalue weighted by atomic mass is 10.1. The SMILES string of the molecule is O=C(O)c1cc(OC(F)(F)F)c(C(F)F)nc1CCl. The zero-order chi connectivity index (χ0) is 14.8. The van der Waals surface area contributed by atoms with E-state index in [1.807, 2.05) is 0 Å². The molecule has 19 heavy (non-hydrogen) atoms. The largest absolute Gasteiger partial charge is 0.573 e. The molecule has 0 amide bonds. The number of hydrogen-bond donors (Lipinski definition) is 1. The van der Waals surface area contributed by atoms with Crippen LogP contribution in [-0.4, -0.2) is 22.4 Å². The third-order valence-electron chi connectivity index (χ3n) is 1.88. The molecule has 1 aromatic heterocycles. The predicted molar refractivity (Wildman–Crippen MR) is 52.4 cm³/mol. The lowest BCUT2D eigenvalue weighted by Gasteiger charge is -2.14. The van der Waals surface area contributed by atoms with Gasteiger partial charge in [0, 0.05) is 0 Å². The van der Waals surface area contributed by atoms with Gasteiger partial charge in [-0.25, -0.2) is 18.6 Å². The predicted octanol–water partition coefficient (Wildman–Crippen LogP) is 3.35. The van der Waals surface area contributed by atoms with Crippen LogP contribution in [0.15, 0.2) is 6.07 Å². The Balaban J connectivity index is 3.41. The number of carboxylic acid groups (broad SMARTS) is 1. The Labute approximate surface area is 107 Å². The molecule has 1 aromatic rings. The molecule has 0 fully saturated rings. The monoisotopic (exact) mass is 305 g/mol. The van der Waals surface area contributed by atoms with E-state index in [1.54, 1.807) is 0 Å². The zero-order valence-electron chi connectivity index (χ0n) is 8.84. The quantitative estimate of drug-likeness (QED) is 0.684. The van der Waals surface area contributed by atoms with Crippen LogP contribution in [0.3, 0.4) is 0 Å². The lowest BCUT2D eigenvalue weighted by Crippen LogP contribution is -2.20. The number of aromatic carboxylic acids is 1. The number of ether oxygens (including phenoxy) is 1. The second-order valence-corrected chi connectivity index (χ2v) is 3.42. The number of halogens is 6. The molecule has 0 atom stereocenters. The Kier molecular flexibility index (Phi) is 4.51. The van der Waals surface area contributed by atoms with Crippen molar-refractivity contribution in [3.8, 4) is 5.75 Å². The van der Waals surface area contributed by atoms with Gasteiger partial charge in [0.05, 0.1) is 17.1 Å². The Hall–Kier alpha value is -1.64. The van der Waals surface area contributed by atoms with Gasteiger partial charge in [-0.2, -0.15) is 0 Å². The summed E-state index contributed by atoms with van der Waals surface area (Å²) in [5, 5.41) is 8.73. The van der Waals surface area contributed by atoms with Crippen molar-refractivity contribution in [3.05, 3.63) is 23.0 Å². The highest BCUT2D eigenvalue weighted by Crippen LogP contribution is 2.33. The van der Waals surface area contributed by atoms with Crippen molar-refractivity contribution in [2.24, 2.45) is 0 Å². The summed E-state index contributed by atoms with van der Waals surface area (Å²) < 4.78 is 64.5. The molecule has 4 nitrogen and oxygen atoms in total. The highest BCUT2D eigenvalue weighted by molar-refractivity contribution is 6.17. The van der Waals surface area contributed by atoms with Crippen molar-refractivity contribution in [1.29, 1.82) is 0 Å². The van der Waals surface area contributed by atoms with E-state index >= 15 is 0 Å². The summed E-state index contributed by atoms with van der Waals surface area (Å²) in [5.41, 5.74) is -2.53. The van der Waals surface area contributed by atoms with Crippen LogP contribution in [0.4, 0.5) is 22.0 Å². The van der Waals surface area contributed by atoms with Gasteiger partial charge < -0.3 is 9.84 Å². The molecule has 10 heteroatoms. The molecule has 106 valence electrons. The second-order valence-electron chi connectivity index (χ2n) is 3.15. The van der Waals surface area contributed by atoms with Gasteiger partial charge >= 0.3 is 12.3 Å². The maximum atomic E-state index is 12.6. The smallest absolute Gasteiger partial charge is 0.478 e. The number of rotatable bonds is 4. The minimum Gasteiger partial charge on any atom is -0.478 e. The maximum absolute atomic E-state index is 12.6. The van der Waals surface area contributed by atoms with Gasteiger partial charge in [-0.3, -0.25) is 0 Å².